The molecular weight excluding hydrogens is 362 g/mol. The first-order chi connectivity index (χ1) is 13.8. The standard InChI is InChI=1S/C24H19N3S/c1-17-7-2-3-9-19(17)16-28-24-23-15-22(26-27(23)14-13-25-24)21-12-6-10-18-8-4-5-11-20(18)21/h2-15H,16H2,1H3. The van der Waals surface area contributed by atoms with Crippen molar-refractivity contribution in [3.05, 3.63) is 96.3 Å². The molecule has 0 N–H and O–H groups in total. The lowest BCUT2D eigenvalue weighted by Crippen LogP contribution is -1.92. The molecule has 4 heteroatoms. The second kappa shape index (κ2) is 7.13. The van der Waals surface area contributed by atoms with Crippen molar-refractivity contribution in [2.75, 3.05) is 0 Å². The number of aryl methyl sites for hydroxylation is 1. The minimum atomic E-state index is 0.897. The molecule has 136 valence electrons. The van der Waals surface area contributed by atoms with E-state index in [1.807, 2.05) is 16.9 Å². The molecule has 5 rings (SSSR count). The van der Waals surface area contributed by atoms with Crippen LogP contribution >= 0.6 is 11.8 Å². The first kappa shape index (κ1) is 17.0. The van der Waals surface area contributed by atoms with Gasteiger partial charge in [0.05, 0.1) is 11.2 Å². The summed E-state index contributed by atoms with van der Waals surface area (Å²) in [5.74, 6) is 0.897. The van der Waals surface area contributed by atoms with Crippen LogP contribution in [0.2, 0.25) is 0 Å². The van der Waals surface area contributed by atoms with Gasteiger partial charge in [-0.05, 0) is 34.9 Å². The molecular formula is C24H19N3S. The molecule has 0 aliphatic rings. The Morgan fingerprint density at radius 3 is 2.68 bits per heavy atom. The van der Waals surface area contributed by atoms with Crippen molar-refractivity contribution in [2.24, 2.45) is 0 Å². The topological polar surface area (TPSA) is 30.2 Å². The predicted octanol–water partition coefficient (Wildman–Crippen LogP) is 6.15. The molecule has 3 aromatic carbocycles. The molecule has 0 aliphatic heterocycles. The van der Waals surface area contributed by atoms with Gasteiger partial charge in [0, 0.05) is 23.7 Å². The highest BCUT2D eigenvalue weighted by Gasteiger charge is 2.12. The monoisotopic (exact) mass is 381 g/mol. The lowest BCUT2D eigenvalue weighted by Gasteiger charge is -2.05. The van der Waals surface area contributed by atoms with E-state index in [1.165, 1.54) is 21.9 Å². The van der Waals surface area contributed by atoms with Crippen molar-refractivity contribution in [2.45, 2.75) is 17.7 Å². The molecule has 0 unspecified atom stereocenters. The molecule has 0 saturated heterocycles. The maximum atomic E-state index is 4.83. The number of aromatic nitrogens is 3. The van der Waals surface area contributed by atoms with Crippen LogP contribution in [0.15, 0.2) is 90.2 Å². The van der Waals surface area contributed by atoms with Crippen molar-refractivity contribution < 1.29 is 0 Å². The summed E-state index contributed by atoms with van der Waals surface area (Å²) in [6.07, 6.45) is 3.74. The van der Waals surface area contributed by atoms with Crippen LogP contribution in [0.25, 0.3) is 27.5 Å². The molecule has 0 spiro atoms. The van der Waals surface area contributed by atoms with Gasteiger partial charge in [0.1, 0.15) is 5.03 Å². The van der Waals surface area contributed by atoms with Crippen molar-refractivity contribution >= 4 is 28.1 Å². The molecule has 28 heavy (non-hydrogen) atoms. The molecule has 0 aliphatic carbocycles. The highest BCUT2D eigenvalue weighted by Crippen LogP contribution is 2.31. The Balaban J connectivity index is 1.55. The normalized spacial score (nSPS) is 11.3. The first-order valence-corrected chi connectivity index (χ1v) is 10.3. The van der Waals surface area contributed by atoms with E-state index in [9.17, 15) is 0 Å². The Labute approximate surface area is 168 Å². The van der Waals surface area contributed by atoms with Crippen LogP contribution in [-0.4, -0.2) is 14.6 Å². The van der Waals surface area contributed by atoms with E-state index in [4.69, 9.17) is 5.10 Å². The largest absolute Gasteiger partial charge is 0.246 e. The van der Waals surface area contributed by atoms with E-state index in [2.05, 4.69) is 84.7 Å². The lowest BCUT2D eigenvalue weighted by molar-refractivity contribution is 0.921. The summed E-state index contributed by atoms with van der Waals surface area (Å²) < 4.78 is 1.93. The molecule has 3 nitrogen and oxygen atoms in total. The number of thioether (sulfide) groups is 1. The fourth-order valence-corrected chi connectivity index (χ4v) is 4.56. The third-order valence-electron chi connectivity index (χ3n) is 5.05. The summed E-state index contributed by atoms with van der Waals surface area (Å²) in [5, 5.41) is 8.28. The van der Waals surface area contributed by atoms with Crippen LogP contribution in [-0.2, 0) is 5.75 Å². The van der Waals surface area contributed by atoms with Crippen molar-refractivity contribution in [3.8, 4) is 11.3 Å². The van der Waals surface area contributed by atoms with Crippen LogP contribution in [0.3, 0.4) is 0 Å². The van der Waals surface area contributed by atoms with E-state index in [1.54, 1.807) is 11.8 Å². The molecule has 5 aromatic rings. The number of hydrogen-bond acceptors (Lipinski definition) is 3. The van der Waals surface area contributed by atoms with Gasteiger partial charge in [-0.15, -0.1) is 0 Å². The van der Waals surface area contributed by atoms with Gasteiger partial charge in [-0.25, -0.2) is 9.50 Å². The van der Waals surface area contributed by atoms with Crippen LogP contribution in [0.5, 0.6) is 0 Å². The maximum absolute atomic E-state index is 4.83. The van der Waals surface area contributed by atoms with Crippen LogP contribution in [0, 0.1) is 6.92 Å². The molecule has 0 saturated carbocycles. The Morgan fingerprint density at radius 1 is 0.929 bits per heavy atom. The number of fused-ring (bicyclic) bond motifs is 2. The lowest BCUT2D eigenvalue weighted by atomic mass is 10.0. The SMILES string of the molecule is Cc1ccccc1CSc1nccn2nc(-c3cccc4ccccc34)cc12. The van der Waals surface area contributed by atoms with Crippen LogP contribution in [0.1, 0.15) is 11.1 Å². The zero-order valence-corrected chi connectivity index (χ0v) is 16.4. The van der Waals surface area contributed by atoms with Crippen LogP contribution < -0.4 is 0 Å². The van der Waals surface area contributed by atoms with E-state index in [0.717, 1.165) is 27.6 Å². The smallest absolute Gasteiger partial charge is 0.122 e. The van der Waals surface area contributed by atoms with E-state index in [-0.39, 0.29) is 0 Å². The van der Waals surface area contributed by atoms with Gasteiger partial charge in [0.25, 0.3) is 0 Å². The number of nitrogens with zero attached hydrogens (tertiary/aromatic N) is 3. The Bertz CT molecular complexity index is 1280. The molecule has 0 atom stereocenters. The second-order valence-corrected chi connectivity index (χ2v) is 7.80. The van der Waals surface area contributed by atoms with Gasteiger partial charge in [0.2, 0.25) is 0 Å². The fourth-order valence-electron chi connectivity index (χ4n) is 3.51. The summed E-state index contributed by atoms with van der Waals surface area (Å²) in [5.41, 5.74) is 5.82. The third-order valence-corrected chi connectivity index (χ3v) is 6.09. The van der Waals surface area contributed by atoms with Crippen LogP contribution in [0.4, 0.5) is 0 Å². The average molecular weight is 382 g/mol. The molecule has 0 radical (unpaired) electrons. The average Bonchev–Trinajstić information content (AvgIpc) is 3.17. The summed E-state index contributed by atoms with van der Waals surface area (Å²) in [6.45, 7) is 2.15. The summed E-state index contributed by atoms with van der Waals surface area (Å²) in [7, 11) is 0. The Morgan fingerprint density at radius 2 is 1.75 bits per heavy atom. The highest BCUT2D eigenvalue weighted by atomic mass is 32.2. The minimum Gasteiger partial charge on any atom is -0.246 e. The molecule has 2 heterocycles. The Hall–Kier alpha value is -3.11. The molecule has 2 aromatic heterocycles. The zero-order chi connectivity index (χ0) is 18.9. The number of benzene rings is 3. The van der Waals surface area contributed by atoms with Gasteiger partial charge in [-0.1, -0.05) is 78.5 Å². The number of rotatable bonds is 4. The quantitative estimate of drug-likeness (QED) is 0.350. The summed E-state index contributed by atoms with van der Waals surface area (Å²) in [4.78, 5) is 4.62. The fraction of sp³-hybridized carbons (Fsp3) is 0.0833. The van der Waals surface area contributed by atoms with Gasteiger partial charge in [0.15, 0.2) is 0 Å². The van der Waals surface area contributed by atoms with Crippen molar-refractivity contribution in [1.29, 1.82) is 0 Å². The predicted molar refractivity (Wildman–Crippen MR) is 117 cm³/mol. The Kier molecular flexibility index (Phi) is 4.34. The third kappa shape index (κ3) is 3.06. The van der Waals surface area contributed by atoms with E-state index < -0.39 is 0 Å². The maximum Gasteiger partial charge on any atom is 0.122 e. The molecule has 0 fully saturated rings. The van der Waals surface area contributed by atoms with E-state index >= 15 is 0 Å². The summed E-state index contributed by atoms with van der Waals surface area (Å²) in [6, 6.07) is 25.5. The minimum absolute atomic E-state index is 0.897. The molecule has 0 bridgehead atoms. The summed E-state index contributed by atoms with van der Waals surface area (Å²) >= 11 is 1.76. The van der Waals surface area contributed by atoms with Gasteiger partial charge >= 0.3 is 0 Å². The van der Waals surface area contributed by atoms with Gasteiger partial charge < -0.3 is 0 Å². The highest BCUT2D eigenvalue weighted by molar-refractivity contribution is 7.98. The molecule has 0 amide bonds. The number of hydrogen-bond donors (Lipinski definition) is 0. The second-order valence-electron chi connectivity index (χ2n) is 6.83. The van der Waals surface area contributed by atoms with Gasteiger partial charge in [-0.3, -0.25) is 0 Å². The van der Waals surface area contributed by atoms with Gasteiger partial charge in [-0.2, -0.15) is 5.10 Å². The van der Waals surface area contributed by atoms with Crippen molar-refractivity contribution in [1.82, 2.24) is 14.6 Å². The zero-order valence-electron chi connectivity index (χ0n) is 15.5. The first-order valence-electron chi connectivity index (χ1n) is 9.29. The van der Waals surface area contributed by atoms with E-state index in [0.29, 0.717) is 0 Å². The van der Waals surface area contributed by atoms with Crippen molar-refractivity contribution in [3.63, 3.8) is 0 Å².